The molecule has 3 aromatic carbocycles. The molecule has 0 amide bonds. The van der Waals surface area contributed by atoms with Gasteiger partial charge in [-0.25, -0.2) is 9.97 Å². The van der Waals surface area contributed by atoms with E-state index in [4.69, 9.17) is 4.98 Å². The summed E-state index contributed by atoms with van der Waals surface area (Å²) in [6, 6.07) is 22.5. The third kappa shape index (κ3) is 3.68. The van der Waals surface area contributed by atoms with Gasteiger partial charge in [0.25, 0.3) is 5.56 Å². The van der Waals surface area contributed by atoms with Crippen LogP contribution in [0.5, 0.6) is 0 Å². The van der Waals surface area contributed by atoms with Crippen LogP contribution in [0.1, 0.15) is 5.56 Å². The van der Waals surface area contributed by atoms with Crippen molar-refractivity contribution in [2.45, 2.75) is 6.18 Å². The van der Waals surface area contributed by atoms with Gasteiger partial charge in [0.05, 0.1) is 22.3 Å². The molecule has 0 unspecified atom stereocenters. The van der Waals surface area contributed by atoms with E-state index in [1.165, 1.54) is 18.2 Å². The minimum atomic E-state index is -4.56. The van der Waals surface area contributed by atoms with Gasteiger partial charge in [0.1, 0.15) is 16.9 Å². The highest BCUT2D eigenvalue weighted by Gasteiger charge is 2.30. The maximum atomic E-state index is 13.3. The highest BCUT2D eigenvalue weighted by molar-refractivity contribution is 5.99. The number of hydrogen-bond acceptors (Lipinski definition) is 5. The van der Waals surface area contributed by atoms with Gasteiger partial charge in [-0.15, -0.1) is 0 Å². The third-order valence-corrected chi connectivity index (χ3v) is 5.72. The van der Waals surface area contributed by atoms with Crippen molar-refractivity contribution in [1.82, 2.24) is 29.9 Å². The smallest absolute Gasteiger partial charge is 0.275 e. The number of para-hydroxylation sites is 1. The van der Waals surface area contributed by atoms with Gasteiger partial charge in [0.15, 0.2) is 5.82 Å². The summed E-state index contributed by atoms with van der Waals surface area (Å²) in [5.41, 5.74) is 1.44. The maximum Gasteiger partial charge on any atom is 0.416 e. The fourth-order valence-electron chi connectivity index (χ4n) is 4.02. The molecule has 0 radical (unpaired) electrons. The lowest BCUT2D eigenvalue weighted by Gasteiger charge is -2.10. The van der Waals surface area contributed by atoms with E-state index in [1.54, 1.807) is 0 Å². The number of hydrogen-bond donors (Lipinski definition) is 1. The Labute approximate surface area is 200 Å². The molecule has 3 heterocycles. The van der Waals surface area contributed by atoms with E-state index in [0.29, 0.717) is 33.6 Å². The van der Waals surface area contributed by atoms with Gasteiger partial charge in [0, 0.05) is 17.0 Å². The number of nitrogens with one attached hydrogen (secondary N) is 1. The number of fused-ring (bicyclic) bond motifs is 2. The number of H-pyrrole nitrogens is 1. The van der Waals surface area contributed by atoms with Crippen LogP contribution in [0.3, 0.4) is 0 Å². The number of aromatic amines is 1. The molecule has 0 atom stereocenters. The first-order valence-electron chi connectivity index (χ1n) is 10.9. The summed E-state index contributed by atoms with van der Waals surface area (Å²) in [6.07, 6.45) is -4.56. The van der Waals surface area contributed by atoms with Gasteiger partial charge in [-0.2, -0.15) is 28.1 Å². The van der Waals surface area contributed by atoms with E-state index < -0.39 is 17.3 Å². The lowest BCUT2D eigenvalue weighted by molar-refractivity contribution is -0.137. The van der Waals surface area contributed by atoms with Gasteiger partial charge in [0.2, 0.25) is 0 Å². The number of alkyl halides is 3. The quantitative estimate of drug-likeness (QED) is 0.363. The number of nitrogens with zero attached hydrogens (tertiary/aromatic N) is 5. The number of halogens is 3. The zero-order chi connectivity index (χ0) is 24.9. The third-order valence-electron chi connectivity index (χ3n) is 5.72. The molecule has 0 aliphatic carbocycles. The second-order valence-corrected chi connectivity index (χ2v) is 8.06. The van der Waals surface area contributed by atoms with Crippen molar-refractivity contribution >= 4 is 21.9 Å². The summed E-state index contributed by atoms with van der Waals surface area (Å²) in [6.45, 7) is 0. The molecule has 0 fully saturated rings. The van der Waals surface area contributed by atoms with Crippen LogP contribution in [0.4, 0.5) is 13.2 Å². The molecule has 176 valence electrons. The van der Waals surface area contributed by atoms with E-state index in [1.807, 2.05) is 54.6 Å². The molecule has 0 aliphatic rings. The highest BCUT2D eigenvalue weighted by Crippen LogP contribution is 2.32. The van der Waals surface area contributed by atoms with E-state index in [-0.39, 0.29) is 11.2 Å². The second-order valence-electron chi connectivity index (χ2n) is 8.06. The predicted molar refractivity (Wildman–Crippen MR) is 128 cm³/mol. The normalized spacial score (nSPS) is 11.9. The lowest BCUT2D eigenvalue weighted by Crippen LogP contribution is -2.20. The minimum absolute atomic E-state index is 0.0126. The Balaban J connectivity index is 1.59. The molecule has 6 rings (SSSR count). The zero-order valence-electron chi connectivity index (χ0n) is 18.4. The fraction of sp³-hybridized carbons (Fsp3) is 0.0385. The molecule has 10 heteroatoms. The average Bonchev–Trinajstić information content (AvgIpc) is 3.30. The van der Waals surface area contributed by atoms with Gasteiger partial charge < -0.3 is 0 Å². The van der Waals surface area contributed by atoms with Crippen LogP contribution < -0.4 is 5.56 Å². The van der Waals surface area contributed by atoms with E-state index in [0.717, 1.165) is 22.4 Å². The highest BCUT2D eigenvalue weighted by atomic mass is 19.4. The van der Waals surface area contributed by atoms with Crippen molar-refractivity contribution in [1.29, 1.82) is 0 Å². The lowest BCUT2D eigenvalue weighted by atomic mass is 10.1. The molecular weight excluding hydrogens is 469 g/mol. The Bertz CT molecular complexity index is 1810. The number of rotatable bonds is 3. The van der Waals surface area contributed by atoms with Crippen molar-refractivity contribution in [2.24, 2.45) is 0 Å². The molecular formula is C26H15F3N6O. The van der Waals surface area contributed by atoms with E-state index >= 15 is 0 Å². The largest absolute Gasteiger partial charge is 0.416 e. The van der Waals surface area contributed by atoms with Gasteiger partial charge in [-0.3, -0.25) is 9.89 Å². The molecule has 36 heavy (non-hydrogen) atoms. The van der Waals surface area contributed by atoms with Gasteiger partial charge in [-0.05, 0) is 24.3 Å². The van der Waals surface area contributed by atoms with Crippen molar-refractivity contribution in [2.75, 3.05) is 0 Å². The molecule has 0 spiro atoms. The Morgan fingerprint density at radius 2 is 1.58 bits per heavy atom. The van der Waals surface area contributed by atoms with E-state index in [2.05, 4.69) is 20.3 Å². The molecule has 0 saturated carbocycles. The van der Waals surface area contributed by atoms with Crippen LogP contribution in [-0.4, -0.2) is 29.9 Å². The van der Waals surface area contributed by atoms with Crippen LogP contribution in [0.2, 0.25) is 0 Å². The van der Waals surface area contributed by atoms with Crippen LogP contribution >= 0.6 is 0 Å². The predicted octanol–water partition coefficient (Wildman–Crippen LogP) is 5.40. The van der Waals surface area contributed by atoms with Gasteiger partial charge >= 0.3 is 6.18 Å². The van der Waals surface area contributed by atoms with Crippen LogP contribution in [0, 0.1) is 0 Å². The summed E-state index contributed by atoms with van der Waals surface area (Å²) >= 11 is 0. The first-order valence-corrected chi connectivity index (χ1v) is 10.9. The first-order chi connectivity index (χ1) is 17.4. The first kappa shape index (κ1) is 21.7. The summed E-state index contributed by atoms with van der Waals surface area (Å²) in [7, 11) is 0. The standard InChI is InChI=1S/C26H15F3N6O/c27-26(28,29)16-9-6-10-17(13-16)35-21(36)14-20-23(34-35)24(33-32-20)22-18-11-4-5-12-19(18)30-25(31-22)15-7-2-1-3-8-15/h1-14,32H. The summed E-state index contributed by atoms with van der Waals surface area (Å²) in [5, 5.41) is 12.3. The fourth-order valence-corrected chi connectivity index (χ4v) is 4.02. The summed E-state index contributed by atoms with van der Waals surface area (Å²) in [4.78, 5) is 22.2. The minimum Gasteiger partial charge on any atom is -0.275 e. The van der Waals surface area contributed by atoms with Crippen LogP contribution in [-0.2, 0) is 6.18 Å². The number of benzene rings is 3. The Morgan fingerprint density at radius 3 is 2.39 bits per heavy atom. The van der Waals surface area contributed by atoms with Gasteiger partial charge in [-0.1, -0.05) is 54.6 Å². The van der Waals surface area contributed by atoms with Crippen LogP contribution in [0.25, 0.3) is 50.4 Å². The summed E-state index contributed by atoms with van der Waals surface area (Å²) < 4.78 is 40.7. The number of aromatic nitrogens is 6. The second kappa shape index (κ2) is 8.12. The molecule has 0 bridgehead atoms. The Hall–Kier alpha value is -4.86. The Morgan fingerprint density at radius 1 is 0.806 bits per heavy atom. The Kier molecular flexibility index (Phi) is 4.89. The topological polar surface area (TPSA) is 89.3 Å². The van der Waals surface area contributed by atoms with Crippen molar-refractivity contribution in [3.63, 3.8) is 0 Å². The molecule has 0 aliphatic heterocycles. The molecule has 3 aromatic heterocycles. The maximum absolute atomic E-state index is 13.3. The molecule has 7 nitrogen and oxygen atoms in total. The monoisotopic (exact) mass is 484 g/mol. The van der Waals surface area contributed by atoms with Crippen molar-refractivity contribution in [3.05, 3.63) is 101 Å². The molecule has 0 saturated heterocycles. The molecule has 1 N–H and O–H groups in total. The summed E-state index contributed by atoms with van der Waals surface area (Å²) in [5.74, 6) is 0.478. The SMILES string of the molecule is O=c1cc2[nH]nc(-c3nc(-c4ccccc4)nc4ccccc34)c2nn1-c1cccc(C(F)(F)F)c1. The van der Waals surface area contributed by atoms with Crippen LogP contribution in [0.15, 0.2) is 89.7 Å². The zero-order valence-corrected chi connectivity index (χ0v) is 18.4. The van der Waals surface area contributed by atoms with Crippen molar-refractivity contribution in [3.8, 4) is 28.5 Å². The average molecular weight is 484 g/mol. The molecule has 6 aromatic rings. The van der Waals surface area contributed by atoms with E-state index in [9.17, 15) is 18.0 Å². The van der Waals surface area contributed by atoms with Crippen molar-refractivity contribution < 1.29 is 13.2 Å².